The molecular formula is C19H29ClN2O2. The van der Waals surface area contributed by atoms with Gasteiger partial charge in [-0.25, -0.2) is 0 Å². The zero-order chi connectivity index (χ0) is 16.2. The standard InChI is InChI=1S/C19H28N2O2.ClH/c1-14-13-21(10-7-17(14)15-5-3-2-4-6-15)19(22)18(20)16-8-11-23-12-9-16;/h2-6,14,16-18H,7-13,20H2,1H3;1H. The van der Waals surface area contributed by atoms with E-state index in [4.69, 9.17) is 10.5 Å². The van der Waals surface area contributed by atoms with Gasteiger partial charge in [-0.2, -0.15) is 0 Å². The highest BCUT2D eigenvalue weighted by molar-refractivity contribution is 5.85. The number of carbonyl (C=O) groups excluding carboxylic acids is 1. The molecule has 0 bridgehead atoms. The fraction of sp³-hybridized carbons (Fsp3) is 0.632. The SMILES string of the molecule is CC1CN(C(=O)C(N)C2CCOCC2)CCC1c1ccccc1.Cl. The molecule has 1 aromatic carbocycles. The van der Waals surface area contributed by atoms with E-state index in [-0.39, 0.29) is 30.3 Å². The van der Waals surface area contributed by atoms with E-state index in [0.29, 0.717) is 11.8 Å². The number of rotatable bonds is 3. The first-order chi connectivity index (χ1) is 11.2. The Kier molecular flexibility index (Phi) is 7.08. The van der Waals surface area contributed by atoms with Crippen LogP contribution < -0.4 is 5.73 Å². The molecular weight excluding hydrogens is 324 g/mol. The van der Waals surface area contributed by atoms with Crippen molar-refractivity contribution >= 4 is 18.3 Å². The van der Waals surface area contributed by atoms with E-state index in [0.717, 1.165) is 45.6 Å². The van der Waals surface area contributed by atoms with Gasteiger partial charge in [-0.1, -0.05) is 37.3 Å². The molecule has 2 fully saturated rings. The van der Waals surface area contributed by atoms with Gasteiger partial charge in [-0.05, 0) is 42.6 Å². The largest absolute Gasteiger partial charge is 0.381 e. The fourth-order valence-electron chi connectivity index (χ4n) is 4.03. The summed E-state index contributed by atoms with van der Waals surface area (Å²) >= 11 is 0. The van der Waals surface area contributed by atoms with Crippen molar-refractivity contribution in [1.82, 2.24) is 4.90 Å². The Hall–Kier alpha value is -1.10. The van der Waals surface area contributed by atoms with Crippen LogP contribution in [0.4, 0.5) is 0 Å². The maximum absolute atomic E-state index is 12.7. The first-order valence-electron chi connectivity index (χ1n) is 8.84. The molecule has 1 aromatic rings. The third-order valence-electron chi connectivity index (χ3n) is 5.50. The maximum Gasteiger partial charge on any atom is 0.239 e. The number of carbonyl (C=O) groups is 1. The summed E-state index contributed by atoms with van der Waals surface area (Å²) < 4.78 is 5.37. The Balaban J connectivity index is 0.00000208. The molecule has 0 aromatic heterocycles. The second-order valence-corrected chi connectivity index (χ2v) is 7.04. The molecule has 24 heavy (non-hydrogen) atoms. The number of hydrogen-bond acceptors (Lipinski definition) is 3. The quantitative estimate of drug-likeness (QED) is 0.910. The number of ether oxygens (including phenoxy) is 1. The van der Waals surface area contributed by atoms with Gasteiger partial charge in [-0.3, -0.25) is 4.79 Å². The Morgan fingerprint density at radius 2 is 1.88 bits per heavy atom. The van der Waals surface area contributed by atoms with E-state index in [1.54, 1.807) is 0 Å². The van der Waals surface area contributed by atoms with Crippen molar-refractivity contribution in [2.45, 2.75) is 38.1 Å². The van der Waals surface area contributed by atoms with Crippen LogP contribution in [-0.2, 0) is 9.53 Å². The summed E-state index contributed by atoms with van der Waals surface area (Å²) in [5.41, 5.74) is 7.66. The monoisotopic (exact) mass is 352 g/mol. The molecule has 2 N–H and O–H groups in total. The van der Waals surface area contributed by atoms with Crippen molar-refractivity contribution in [1.29, 1.82) is 0 Å². The van der Waals surface area contributed by atoms with E-state index < -0.39 is 0 Å². The lowest BCUT2D eigenvalue weighted by Crippen LogP contribution is -2.52. The molecule has 1 amide bonds. The lowest BCUT2D eigenvalue weighted by atomic mass is 9.81. The summed E-state index contributed by atoms with van der Waals surface area (Å²) in [6, 6.07) is 10.3. The first-order valence-corrected chi connectivity index (χ1v) is 8.84. The molecule has 2 aliphatic rings. The van der Waals surface area contributed by atoms with Gasteiger partial charge < -0.3 is 15.4 Å². The number of piperidine rings is 1. The normalized spacial score (nSPS) is 26.5. The highest BCUT2D eigenvalue weighted by Gasteiger charge is 2.34. The summed E-state index contributed by atoms with van der Waals surface area (Å²) in [6.07, 6.45) is 2.84. The van der Waals surface area contributed by atoms with Gasteiger partial charge >= 0.3 is 0 Å². The molecule has 0 aliphatic carbocycles. The molecule has 5 heteroatoms. The zero-order valence-corrected chi connectivity index (χ0v) is 15.2. The van der Waals surface area contributed by atoms with Crippen LogP contribution in [-0.4, -0.2) is 43.2 Å². The minimum atomic E-state index is -0.362. The maximum atomic E-state index is 12.7. The van der Waals surface area contributed by atoms with E-state index in [2.05, 4.69) is 37.3 Å². The molecule has 0 spiro atoms. The molecule has 3 unspecified atom stereocenters. The van der Waals surface area contributed by atoms with Crippen LogP contribution in [0.15, 0.2) is 30.3 Å². The Bertz CT molecular complexity index is 519. The molecule has 2 aliphatic heterocycles. The van der Waals surface area contributed by atoms with E-state index in [1.807, 2.05) is 4.90 Å². The van der Waals surface area contributed by atoms with E-state index in [9.17, 15) is 4.79 Å². The summed E-state index contributed by atoms with van der Waals surface area (Å²) in [5.74, 6) is 1.42. The van der Waals surface area contributed by atoms with Crippen LogP contribution in [0.5, 0.6) is 0 Å². The molecule has 3 atom stereocenters. The number of halogens is 1. The molecule has 2 heterocycles. The van der Waals surface area contributed by atoms with Crippen LogP contribution in [0.2, 0.25) is 0 Å². The second kappa shape index (κ2) is 8.84. The summed E-state index contributed by atoms with van der Waals surface area (Å²) in [4.78, 5) is 14.7. The molecule has 0 radical (unpaired) electrons. The summed E-state index contributed by atoms with van der Waals surface area (Å²) in [6.45, 7) is 5.35. The first kappa shape index (κ1) is 19.2. The van der Waals surface area contributed by atoms with Gasteiger partial charge in [0.25, 0.3) is 0 Å². The van der Waals surface area contributed by atoms with Crippen molar-refractivity contribution in [3.8, 4) is 0 Å². The number of amides is 1. The summed E-state index contributed by atoms with van der Waals surface area (Å²) in [7, 11) is 0. The van der Waals surface area contributed by atoms with Gasteiger partial charge in [0.2, 0.25) is 5.91 Å². The number of nitrogens with zero attached hydrogens (tertiary/aromatic N) is 1. The van der Waals surface area contributed by atoms with Crippen molar-refractivity contribution < 1.29 is 9.53 Å². The minimum Gasteiger partial charge on any atom is -0.381 e. The second-order valence-electron chi connectivity index (χ2n) is 7.04. The fourth-order valence-corrected chi connectivity index (χ4v) is 4.03. The minimum absolute atomic E-state index is 0. The van der Waals surface area contributed by atoms with Gasteiger partial charge in [0.1, 0.15) is 0 Å². The van der Waals surface area contributed by atoms with Crippen molar-refractivity contribution in [3.63, 3.8) is 0 Å². The zero-order valence-electron chi connectivity index (χ0n) is 14.4. The third kappa shape index (κ3) is 4.29. The smallest absolute Gasteiger partial charge is 0.239 e. The molecule has 2 saturated heterocycles. The van der Waals surface area contributed by atoms with Crippen molar-refractivity contribution in [2.75, 3.05) is 26.3 Å². The number of likely N-dealkylation sites (tertiary alicyclic amines) is 1. The Morgan fingerprint density at radius 3 is 2.50 bits per heavy atom. The van der Waals surface area contributed by atoms with Crippen LogP contribution in [0.1, 0.15) is 37.7 Å². The van der Waals surface area contributed by atoms with Gasteiger partial charge in [0.05, 0.1) is 6.04 Å². The van der Waals surface area contributed by atoms with E-state index >= 15 is 0 Å². The molecule has 0 saturated carbocycles. The number of benzene rings is 1. The highest BCUT2D eigenvalue weighted by Crippen LogP contribution is 2.33. The van der Waals surface area contributed by atoms with Crippen LogP contribution in [0, 0.1) is 11.8 Å². The van der Waals surface area contributed by atoms with E-state index in [1.165, 1.54) is 5.56 Å². The Labute approximate surface area is 151 Å². The Morgan fingerprint density at radius 1 is 1.21 bits per heavy atom. The lowest BCUT2D eigenvalue weighted by molar-refractivity contribution is -0.136. The average Bonchev–Trinajstić information content (AvgIpc) is 2.62. The van der Waals surface area contributed by atoms with Crippen LogP contribution >= 0.6 is 12.4 Å². The van der Waals surface area contributed by atoms with Crippen LogP contribution in [0.25, 0.3) is 0 Å². The van der Waals surface area contributed by atoms with Gasteiger partial charge in [-0.15, -0.1) is 12.4 Å². The van der Waals surface area contributed by atoms with Gasteiger partial charge in [0, 0.05) is 26.3 Å². The molecule has 4 nitrogen and oxygen atoms in total. The van der Waals surface area contributed by atoms with Gasteiger partial charge in [0.15, 0.2) is 0 Å². The number of nitrogens with two attached hydrogens (primary N) is 1. The molecule has 134 valence electrons. The number of hydrogen-bond donors (Lipinski definition) is 1. The van der Waals surface area contributed by atoms with Crippen molar-refractivity contribution in [3.05, 3.63) is 35.9 Å². The van der Waals surface area contributed by atoms with Crippen molar-refractivity contribution in [2.24, 2.45) is 17.6 Å². The highest BCUT2D eigenvalue weighted by atomic mass is 35.5. The van der Waals surface area contributed by atoms with Crippen LogP contribution in [0.3, 0.4) is 0 Å². The third-order valence-corrected chi connectivity index (χ3v) is 5.50. The predicted molar refractivity (Wildman–Crippen MR) is 98.3 cm³/mol. The molecule has 3 rings (SSSR count). The topological polar surface area (TPSA) is 55.6 Å². The summed E-state index contributed by atoms with van der Waals surface area (Å²) in [5, 5.41) is 0. The predicted octanol–water partition coefficient (Wildman–Crippen LogP) is 2.81. The average molecular weight is 353 g/mol. The lowest BCUT2D eigenvalue weighted by Gasteiger charge is -2.39.